The molecule has 2 aromatic carbocycles. The van der Waals surface area contributed by atoms with Crippen LogP contribution >= 0.6 is 0 Å². The number of rotatable bonds is 10. The number of carbonyl (C=O) groups excluding carboxylic acids is 3. The largest absolute Gasteiger partial charge is 0.507 e. The summed E-state index contributed by atoms with van der Waals surface area (Å²) in [7, 11) is 1.45. The molecule has 0 bridgehead atoms. The van der Waals surface area contributed by atoms with Gasteiger partial charge in [-0.2, -0.15) is 0 Å². The van der Waals surface area contributed by atoms with Crippen molar-refractivity contribution in [2.24, 2.45) is 11.7 Å². The Balaban J connectivity index is 1.59. The zero-order chi connectivity index (χ0) is 29.7. The molecule has 0 radical (unpaired) electrons. The van der Waals surface area contributed by atoms with Gasteiger partial charge in [0, 0.05) is 31.1 Å². The molecule has 2 aliphatic rings. The second-order valence-corrected chi connectivity index (χ2v) is 10.4. The van der Waals surface area contributed by atoms with Crippen LogP contribution in [0.25, 0.3) is 0 Å². The van der Waals surface area contributed by atoms with Gasteiger partial charge in [-0.1, -0.05) is 25.3 Å². The molecule has 1 aliphatic heterocycles. The van der Waals surface area contributed by atoms with E-state index >= 15 is 0 Å². The van der Waals surface area contributed by atoms with Crippen LogP contribution in [0.4, 0.5) is 0 Å². The Bertz CT molecular complexity index is 1500. The Morgan fingerprint density at radius 2 is 1.76 bits per heavy atom. The van der Waals surface area contributed by atoms with E-state index in [0.29, 0.717) is 41.2 Å². The van der Waals surface area contributed by atoms with Gasteiger partial charge in [0.1, 0.15) is 17.0 Å². The number of phenols is 1. The van der Waals surface area contributed by atoms with Crippen LogP contribution < -0.4 is 19.9 Å². The highest BCUT2D eigenvalue weighted by Crippen LogP contribution is 2.45. The van der Waals surface area contributed by atoms with Crippen LogP contribution in [-0.4, -0.2) is 46.5 Å². The van der Waals surface area contributed by atoms with Gasteiger partial charge in [0.15, 0.2) is 17.3 Å². The SMILES string of the molecule is COc1ccc(C(=O)/C=C/C(=O)N(Cc2ccc3c(c2)OCO3)C(C(N)=O)(c2ccncc2)C2CCCCC2)c(O)c1. The van der Waals surface area contributed by atoms with Gasteiger partial charge in [-0.15, -0.1) is 0 Å². The fraction of sp³-hybridized carbons (Fsp3) is 0.312. The molecule has 1 aliphatic carbocycles. The zero-order valence-electron chi connectivity index (χ0n) is 23.3. The standard InChI is InChI=1S/C32H33N3O7/c1-40-24-8-9-25(27(37)18-24)26(36)10-12-30(38)35(19-21-7-11-28-29(17-21)42-20-41-28)32(31(33)39,22-5-3-2-4-6-22)23-13-15-34-16-14-23/h7-18,22,37H,2-6,19-20H2,1H3,(H2,33,39)/b12-10+. The first-order valence-electron chi connectivity index (χ1n) is 13.8. The maximum Gasteiger partial charge on any atom is 0.248 e. The highest BCUT2D eigenvalue weighted by molar-refractivity contribution is 6.09. The lowest BCUT2D eigenvalue weighted by atomic mass is 9.69. The molecular formula is C32H33N3O7. The van der Waals surface area contributed by atoms with Crippen molar-refractivity contribution in [3.8, 4) is 23.0 Å². The molecule has 10 heteroatoms. The van der Waals surface area contributed by atoms with E-state index in [1.54, 1.807) is 48.8 Å². The van der Waals surface area contributed by atoms with E-state index < -0.39 is 23.1 Å². The maximum atomic E-state index is 14.2. The van der Waals surface area contributed by atoms with Gasteiger partial charge in [-0.25, -0.2) is 0 Å². The topological polar surface area (TPSA) is 141 Å². The molecule has 1 atom stereocenters. The van der Waals surface area contributed by atoms with Crippen LogP contribution in [0.15, 0.2) is 73.1 Å². The molecule has 1 aromatic heterocycles. The minimum absolute atomic E-state index is 0.00352. The van der Waals surface area contributed by atoms with Crippen LogP contribution in [-0.2, 0) is 21.7 Å². The van der Waals surface area contributed by atoms with E-state index in [-0.39, 0.29) is 30.6 Å². The van der Waals surface area contributed by atoms with Crippen LogP contribution in [0.3, 0.4) is 0 Å². The Kier molecular flexibility index (Phi) is 8.42. The first-order chi connectivity index (χ1) is 20.3. The minimum Gasteiger partial charge on any atom is -0.507 e. The second kappa shape index (κ2) is 12.3. The molecule has 0 saturated heterocycles. The molecule has 2 amide bonds. The Hall–Kier alpha value is -4.86. The van der Waals surface area contributed by atoms with Gasteiger partial charge in [0.2, 0.25) is 18.6 Å². The van der Waals surface area contributed by atoms with Crippen molar-refractivity contribution in [2.45, 2.75) is 44.2 Å². The lowest BCUT2D eigenvalue weighted by molar-refractivity contribution is -0.150. The second-order valence-electron chi connectivity index (χ2n) is 10.4. The number of ketones is 1. The number of benzene rings is 2. The predicted octanol–water partition coefficient (Wildman–Crippen LogP) is 4.25. The number of ether oxygens (including phenoxy) is 3. The molecular weight excluding hydrogens is 538 g/mol. The fourth-order valence-corrected chi connectivity index (χ4v) is 5.99. The number of carbonyl (C=O) groups is 3. The van der Waals surface area contributed by atoms with Gasteiger partial charge in [0.05, 0.1) is 12.7 Å². The molecule has 3 N–H and O–H groups in total. The van der Waals surface area contributed by atoms with Gasteiger partial charge >= 0.3 is 0 Å². The average molecular weight is 572 g/mol. The van der Waals surface area contributed by atoms with Crippen molar-refractivity contribution < 1.29 is 33.7 Å². The number of nitrogens with two attached hydrogens (primary N) is 1. The molecule has 3 aromatic rings. The molecule has 42 heavy (non-hydrogen) atoms. The third-order valence-corrected chi connectivity index (χ3v) is 8.01. The first kappa shape index (κ1) is 28.7. The highest BCUT2D eigenvalue weighted by atomic mass is 16.7. The first-order valence-corrected chi connectivity index (χ1v) is 13.8. The molecule has 5 rings (SSSR count). The molecule has 1 saturated carbocycles. The summed E-state index contributed by atoms with van der Waals surface area (Å²) in [6.45, 7) is 0.0956. The lowest BCUT2D eigenvalue weighted by Crippen LogP contribution is -2.61. The summed E-state index contributed by atoms with van der Waals surface area (Å²) in [6.07, 6.45) is 9.56. The van der Waals surface area contributed by atoms with Gasteiger partial charge in [-0.05, 0) is 72.4 Å². The summed E-state index contributed by atoms with van der Waals surface area (Å²) in [5.41, 5.74) is 6.01. The number of aromatic hydroxyl groups is 1. The molecule has 1 unspecified atom stereocenters. The molecule has 1 fully saturated rings. The number of allylic oxidation sites excluding steroid dienone is 1. The summed E-state index contributed by atoms with van der Waals surface area (Å²) in [6, 6.07) is 13.0. The minimum atomic E-state index is -1.52. The van der Waals surface area contributed by atoms with Crippen molar-refractivity contribution in [3.63, 3.8) is 0 Å². The normalized spacial score (nSPS) is 16.1. The highest BCUT2D eigenvalue weighted by Gasteiger charge is 2.52. The molecule has 0 spiro atoms. The Morgan fingerprint density at radius 1 is 1.02 bits per heavy atom. The molecule has 218 valence electrons. The van der Waals surface area contributed by atoms with Gasteiger partial charge < -0.3 is 30.0 Å². The van der Waals surface area contributed by atoms with Crippen molar-refractivity contribution in [1.29, 1.82) is 0 Å². The summed E-state index contributed by atoms with van der Waals surface area (Å²) in [5.74, 6) is -0.876. The van der Waals surface area contributed by atoms with Crippen molar-refractivity contribution in [3.05, 3.63) is 89.8 Å². The number of fused-ring (bicyclic) bond motifs is 1. The van der Waals surface area contributed by atoms with Gasteiger partial charge in [-0.3, -0.25) is 19.4 Å². The monoisotopic (exact) mass is 571 g/mol. The van der Waals surface area contributed by atoms with E-state index in [1.807, 2.05) is 0 Å². The summed E-state index contributed by atoms with van der Waals surface area (Å²) >= 11 is 0. The third-order valence-electron chi connectivity index (χ3n) is 8.01. The predicted molar refractivity (Wildman–Crippen MR) is 153 cm³/mol. The summed E-state index contributed by atoms with van der Waals surface area (Å²) in [5, 5.41) is 10.3. The number of primary amides is 1. The number of aromatic nitrogens is 1. The van der Waals surface area contributed by atoms with Crippen LogP contribution in [0.1, 0.15) is 53.6 Å². The van der Waals surface area contributed by atoms with Crippen molar-refractivity contribution in [2.75, 3.05) is 13.9 Å². The summed E-state index contributed by atoms with van der Waals surface area (Å²) < 4.78 is 16.1. The third kappa shape index (κ3) is 5.52. The zero-order valence-corrected chi connectivity index (χ0v) is 23.3. The smallest absolute Gasteiger partial charge is 0.248 e. The van der Waals surface area contributed by atoms with Crippen molar-refractivity contribution >= 4 is 17.6 Å². The Labute approximate surface area is 243 Å². The van der Waals surface area contributed by atoms with Crippen LogP contribution in [0.5, 0.6) is 23.0 Å². The number of pyridine rings is 1. The number of hydrogen-bond acceptors (Lipinski definition) is 8. The van der Waals surface area contributed by atoms with E-state index in [2.05, 4.69) is 4.98 Å². The molecule has 2 heterocycles. The average Bonchev–Trinajstić information content (AvgIpc) is 3.48. The van der Waals surface area contributed by atoms with Crippen LogP contribution in [0.2, 0.25) is 0 Å². The number of methoxy groups -OCH3 is 1. The van der Waals surface area contributed by atoms with Crippen molar-refractivity contribution in [1.82, 2.24) is 9.88 Å². The lowest BCUT2D eigenvalue weighted by Gasteiger charge is -2.48. The number of amides is 2. The number of hydrogen-bond donors (Lipinski definition) is 2. The fourth-order valence-electron chi connectivity index (χ4n) is 5.99. The van der Waals surface area contributed by atoms with E-state index in [1.165, 1.54) is 24.1 Å². The Morgan fingerprint density at radius 3 is 2.45 bits per heavy atom. The van der Waals surface area contributed by atoms with E-state index in [0.717, 1.165) is 31.4 Å². The van der Waals surface area contributed by atoms with Crippen LogP contribution in [0, 0.1) is 5.92 Å². The summed E-state index contributed by atoms with van der Waals surface area (Å²) in [4.78, 5) is 46.6. The molecule has 10 nitrogen and oxygen atoms in total. The maximum absolute atomic E-state index is 14.2. The van der Waals surface area contributed by atoms with Gasteiger partial charge in [0.25, 0.3) is 0 Å². The van der Waals surface area contributed by atoms with E-state index in [4.69, 9.17) is 19.9 Å². The van der Waals surface area contributed by atoms with E-state index in [9.17, 15) is 19.5 Å². The number of nitrogens with zero attached hydrogens (tertiary/aromatic N) is 2. The quantitative estimate of drug-likeness (QED) is 0.272. The number of phenolic OH excluding ortho intramolecular Hbond substituents is 1.